The average Bonchev–Trinajstić information content (AvgIpc) is 2.68. The molecule has 2 atom stereocenters. The number of benzene rings is 1. The van der Waals surface area contributed by atoms with Crippen LogP contribution in [0.25, 0.3) is 0 Å². The number of nitrogens with one attached hydrogen (secondary N) is 1. The molecule has 3 nitrogen and oxygen atoms in total. The third-order valence-corrected chi connectivity index (χ3v) is 4.81. The van der Waals surface area contributed by atoms with Gasteiger partial charge in [0, 0.05) is 30.4 Å². The van der Waals surface area contributed by atoms with Crippen molar-refractivity contribution in [3.8, 4) is 0 Å². The first-order valence-corrected chi connectivity index (χ1v) is 7.79. The van der Waals surface area contributed by atoms with E-state index in [0.29, 0.717) is 37.2 Å². The molecule has 0 aliphatic heterocycles. The molecule has 22 heavy (non-hydrogen) atoms. The van der Waals surface area contributed by atoms with Crippen molar-refractivity contribution in [2.45, 2.75) is 32.1 Å². The first-order valence-electron chi connectivity index (χ1n) is 7.79. The first-order chi connectivity index (χ1) is 10.5. The molecule has 0 heterocycles. The zero-order valence-electron chi connectivity index (χ0n) is 12.3. The van der Waals surface area contributed by atoms with Crippen molar-refractivity contribution in [1.82, 2.24) is 5.32 Å². The molecule has 1 aromatic rings. The van der Waals surface area contributed by atoms with Crippen molar-refractivity contribution >= 4 is 11.7 Å². The van der Waals surface area contributed by atoms with Crippen LogP contribution in [0.1, 0.15) is 31.2 Å². The van der Waals surface area contributed by atoms with Crippen molar-refractivity contribution < 1.29 is 18.4 Å². The lowest BCUT2D eigenvalue weighted by Crippen LogP contribution is -2.38. The molecule has 0 saturated heterocycles. The summed E-state index contributed by atoms with van der Waals surface area (Å²) in [5.41, 5.74) is 0.525. The summed E-state index contributed by atoms with van der Waals surface area (Å²) in [5, 5.41) is 2.83. The molecule has 1 aromatic carbocycles. The second kappa shape index (κ2) is 6.15. The number of carbonyl (C=O) groups is 2. The lowest BCUT2D eigenvalue weighted by Gasteiger charge is -2.25. The van der Waals surface area contributed by atoms with E-state index in [9.17, 15) is 18.4 Å². The van der Waals surface area contributed by atoms with E-state index in [1.807, 2.05) is 0 Å². The Morgan fingerprint density at radius 2 is 1.68 bits per heavy atom. The van der Waals surface area contributed by atoms with Gasteiger partial charge in [0.1, 0.15) is 17.4 Å². The maximum absolute atomic E-state index is 13.1. The molecule has 3 rings (SSSR count). The third-order valence-electron chi connectivity index (χ3n) is 4.81. The quantitative estimate of drug-likeness (QED) is 0.929. The summed E-state index contributed by atoms with van der Waals surface area (Å²) in [6.07, 6.45) is 3.51. The van der Waals surface area contributed by atoms with Crippen LogP contribution in [-0.2, 0) is 16.0 Å². The summed E-state index contributed by atoms with van der Waals surface area (Å²) in [4.78, 5) is 24.0. The molecule has 0 aromatic heterocycles. The van der Waals surface area contributed by atoms with Gasteiger partial charge in [0.05, 0.1) is 0 Å². The van der Waals surface area contributed by atoms with E-state index in [1.165, 1.54) is 12.1 Å². The number of carbonyl (C=O) groups excluding carboxylic acids is 2. The number of Topliss-reactive ketones (excluding diaryl/α,β-unsaturated/α-hetero) is 1. The molecule has 2 saturated carbocycles. The summed E-state index contributed by atoms with van der Waals surface area (Å²) < 4.78 is 26.2. The van der Waals surface area contributed by atoms with Crippen LogP contribution in [0.3, 0.4) is 0 Å². The number of fused-ring (bicyclic) bond motifs is 2. The van der Waals surface area contributed by atoms with Crippen molar-refractivity contribution in [1.29, 1.82) is 0 Å². The molecule has 1 amide bonds. The summed E-state index contributed by atoms with van der Waals surface area (Å²) in [6, 6.07) is 3.38. The molecule has 2 unspecified atom stereocenters. The number of ketones is 1. The Bertz CT molecular complexity index is 566. The van der Waals surface area contributed by atoms with Gasteiger partial charge >= 0.3 is 0 Å². The number of halogens is 2. The van der Waals surface area contributed by atoms with Gasteiger partial charge in [-0.05, 0) is 49.8 Å². The van der Waals surface area contributed by atoms with Crippen molar-refractivity contribution in [2.24, 2.45) is 17.8 Å². The Kier molecular flexibility index (Phi) is 4.23. The van der Waals surface area contributed by atoms with Gasteiger partial charge in [0.2, 0.25) is 5.91 Å². The van der Waals surface area contributed by atoms with Gasteiger partial charge in [0.25, 0.3) is 0 Å². The molecule has 0 radical (unpaired) electrons. The van der Waals surface area contributed by atoms with E-state index in [4.69, 9.17) is 0 Å². The standard InChI is InChI=1S/C17H19F2NO2/c18-14-5-10(6-15(19)9-14)3-4-20-17(22)13-7-11-1-2-12(8-13)16(11)21/h5-6,9,11-13H,1-4,7-8H2,(H,20,22). The predicted octanol–water partition coefficient (Wildman–Crippen LogP) is 2.63. The molecule has 0 spiro atoms. The van der Waals surface area contributed by atoms with Crippen LogP contribution in [0.5, 0.6) is 0 Å². The van der Waals surface area contributed by atoms with Gasteiger partial charge in [0.15, 0.2) is 0 Å². The summed E-state index contributed by atoms with van der Waals surface area (Å²) in [5.74, 6) is -0.897. The van der Waals surface area contributed by atoms with E-state index in [1.54, 1.807) is 0 Å². The van der Waals surface area contributed by atoms with Crippen LogP contribution < -0.4 is 5.32 Å². The van der Waals surface area contributed by atoms with Crippen molar-refractivity contribution in [3.05, 3.63) is 35.4 Å². The molecular weight excluding hydrogens is 288 g/mol. The van der Waals surface area contributed by atoms with Gasteiger partial charge in [-0.2, -0.15) is 0 Å². The Morgan fingerprint density at radius 1 is 1.09 bits per heavy atom. The fourth-order valence-electron chi connectivity index (χ4n) is 3.72. The van der Waals surface area contributed by atoms with Crippen LogP contribution in [0.4, 0.5) is 8.78 Å². The van der Waals surface area contributed by atoms with Gasteiger partial charge in [-0.1, -0.05) is 0 Å². The van der Waals surface area contributed by atoms with Crippen molar-refractivity contribution in [3.63, 3.8) is 0 Å². The molecule has 2 aliphatic rings. The molecule has 2 fully saturated rings. The van der Waals surface area contributed by atoms with E-state index in [2.05, 4.69) is 5.32 Å². The molecule has 5 heteroatoms. The maximum atomic E-state index is 13.1. The molecule has 2 aliphatic carbocycles. The fraction of sp³-hybridized carbons (Fsp3) is 0.529. The summed E-state index contributed by atoms with van der Waals surface area (Å²) in [7, 11) is 0. The number of rotatable bonds is 4. The van der Waals surface area contributed by atoms with E-state index in [0.717, 1.165) is 18.9 Å². The second-order valence-electron chi connectivity index (χ2n) is 6.36. The highest BCUT2D eigenvalue weighted by Crippen LogP contribution is 2.41. The zero-order valence-corrected chi connectivity index (χ0v) is 12.3. The lowest BCUT2D eigenvalue weighted by molar-refractivity contribution is -0.132. The highest BCUT2D eigenvalue weighted by atomic mass is 19.1. The normalized spacial score (nSPS) is 27.0. The topological polar surface area (TPSA) is 46.2 Å². The van der Waals surface area contributed by atoms with Gasteiger partial charge in [-0.25, -0.2) is 8.78 Å². The molecule has 2 bridgehead atoms. The monoisotopic (exact) mass is 307 g/mol. The molecular formula is C17H19F2NO2. The lowest BCUT2D eigenvalue weighted by atomic mass is 9.79. The average molecular weight is 307 g/mol. The summed E-state index contributed by atoms with van der Waals surface area (Å²) in [6.45, 7) is 0.349. The van der Waals surface area contributed by atoms with Crippen LogP contribution in [-0.4, -0.2) is 18.2 Å². The van der Waals surface area contributed by atoms with Crippen molar-refractivity contribution in [2.75, 3.05) is 6.54 Å². The Balaban J connectivity index is 1.49. The number of hydrogen-bond acceptors (Lipinski definition) is 2. The SMILES string of the molecule is O=C(NCCc1cc(F)cc(F)c1)C1CC2CCC(C1)C2=O. The second-order valence-corrected chi connectivity index (χ2v) is 6.36. The fourth-order valence-corrected chi connectivity index (χ4v) is 3.72. The van der Waals surface area contributed by atoms with Crippen LogP contribution in [0.15, 0.2) is 18.2 Å². The summed E-state index contributed by atoms with van der Waals surface area (Å²) >= 11 is 0. The largest absolute Gasteiger partial charge is 0.356 e. The van der Waals surface area contributed by atoms with Gasteiger partial charge < -0.3 is 5.32 Å². The first kappa shape index (κ1) is 15.1. The minimum Gasteiger partial charge on any atom is -0.356 e. The maximum Gasteiger partial charge on any atom is 0.223 e. The minimum absolute atomic E-state index is 0.0405. The van der Waals surface area contributed by atoms with E-state index < -0.39 is 11.6 Å². The van der Waals surface area contributed by atoms with Gasteiger partial charge in [-0.3, -0.25) is 9.59 Å². The number of hydrogen-bond donors (Lipinski definition) is 1. The molecule has 1 N–H and O–H groups in total. The highest BCUT2D eigenvalue weighted by molar-refractivity contribution is 5.89. The van der Waals surface area contributed by atoms with Crippen LogP contribution >= 0.6 is 0 Å². The van der Waals surface area contributed by atoms with Gasteiger partial charge in [-0.15, -0.1) is 0 Å². The zero-order chi connectivity index (χ0) is 15.7. The third kappa shape index (κ3) is 3.18. The Hall–Kier alpha value is -1.78. The highest BCUT2D eigenvalue weighted by Gasteiger charge is 2.43. The van der Waals surface area contributed by atoms with Crippen LogP contribution in [0.2, 0.25) is 0 Å². The Labute approximate surface area is 128 Å². The minimum atomic E-state index is -0.608. The van der Waals surface area contributed by atoms with E-state index >= 15 is 0 Å². The smallest absolute Gasteiger partial charge is 0.223 e. The van der Waals surface area contributed by atoms with Crippen LogP contribution in [0, 0.1) is 29.4 Å². The Morgan fingerprint density at radius 3 is 2.27 bits per heavy atom. The predicted molar refractivity (Wildman–Crippen MR) is 77.0 cm³/mol. The number of amides is 1. The molecule has 118 valence electrons. The van der Waals surface area contributed by atoms with E-state index in [-0.39, 0.29) is 23.7 Å².